The van der Waals surface area contributed by atoms with E-state index in [2.05, 4.69) is 20.0 Å². The van der Waals surface area contributed by atoms with Crippen LogP contribution in [0.15, 0.2) is 23.6 Å². The minimum absolute atomic E-state index is 0.553. The number of aromatic nitrogens is 3. The third-order valence-corrected chi connectivity index (χ3v) is 4.24. The Balaban J connectivity index is 1.84. The van der Waals surface area contributed by atoms with Crippen LogP contribution >= 0.6 is 11.3 Å². The van der Waals surface area contributed by atoms with Crippen molar-refractivity contribution in [2.24, 2.45) is 5.73 Å². The molecule has 0 bridgehead atoms. The van der Waals surface area contributed by atoms with Crippen molar-refractivity contribution in [2.45, 2.75) is 6.42 Å². The summed E-state index contributed by atoms with van der Waals surface area (Å²) in [6, 6.07) is 5.98. The molecule has 1 aliphatic rings. The number of hydrogen-bond acceptors (Lipinski definition) is 6. The van der Waals surface area contributed by atoms with E-state index < -0.39 is 0 Å². The summed E-state index contributed by atoms with van der Waals surface area (Å²) in [5.74, 6) is 2.47. The molecular formula is C14H14N4O2S. The number of nitrogens with two attached hydrogens (primary N) is 1. The summed E-state index contributed by atoms with van der Waals surface area (Å²) < 4.78 is 13.3. The lowest BCUT2D eigenvalue weighted by Crippen LogP contribution is -2.15. The van der Waals surface area contributed by atoms with Gasteiger partial charge in [0, 0.05) is 17.4 Å². The highest BCUT2D eigenvalue weighted by Crippen LogP contribution is 2.35. The van der Waals surface area contributed by atoms with E-state index in [0.717, 1.165) is 33.5 Å². The first-order valence-corrected chi connectivity index (χ1v) is 7.66. The van der Waals surface area contributed by atoms with E-state index in [9.17, 15) is 0 Å². The zero-order valence-electron chi connectivity index (χ0n) is 11.3. The van der Waals surface area contributed by atoms with Crippen molar-refractivity contribution < 1.29 is 9.47 Å². The largest absolute Gasteiger partial charge is 0.486 e. The third-order valence-electron chi connectivity index (χ3n) is 3.42. The molecule has 6 nitrogen and oxygen atoms in total. The van der Waals surface area contributed by atoms with Crippen molar-refractivity contribution in [2.75, 3.05) is 19.8 Å². The van der Waals surface area contributed by atoms with Gasteiger partial charge in [0.1, 0.15) is 19.0 Å². The molecule has 0 unspecified atom stereocenters. The average Bonchev–Trinajstić information content (AvgIpc) is 3.10. The lowest BCUT2D eigenvalue weighted by atomic mass is 10.1. The Bertz CT molecular complexity index is 795. The van der Waals surface area contributed by atoms with Crippen LogP contribution in [0.1, 0.15) is 5.82 Å². The molecule has 2 N–H and O–H groups in total. The van der Waals surface area contributed by atoms with Gasteiger partial charge in [0.2, 0.25) is 4.96 Å². The van der Waals surface area contributed by atoms with Crippen molar-refractivity contribution in [1.82, 2.24) is 14.6 Å². The number of thiazole rings is 1. The van der Waals surface area contributed by atoms with Gasteiger partial charge in [0.25, 0.3) is 0 Å². The zero-order valence-corrected chi connectivity index (χ0v) is 12.1. The molecule has 0 amide bonds. The summed E-state index contributed by atoms with van der Waals surface area (Å²) in [5, 5.41) is 10.5. The molecule has 0 fully saturated rings. The molecule has 0 spiro atoms. The molecule has 2 aromatic heterocycles. The second-order valence-corrected chi connectivity index (χ2v) is 5.59. The predicted molar refractivity (Wildman–Crippen MR) is 80.0 cm³/mol. The highest BCUT2D eigenvalue weighted by atomic mass is 32.1. The van der Waals surface area contributed by atoms with Gasteiger partial charge in [0.05, 0.1) is 5.69 Å². The van der Waals surface area contributed by atoms with E-state index in [1.165, 1.54) is 0 Å². The van der Waals surface area contributed by atoms with Gasteiger partial charge < -0.3 is 15.2 Å². The van der Waals surface area contributed by atoms with Crippen LogP contribution in [0.2, 0.25) is 0 Å². The molecule has 0 atom stereocenters. The van der Waals surface area contributed by atoms with E-state index >= 15 is 0 Å². The van der Waals surface area contributed by atoms with Crippen LogP contribution in [-0.2, 0) is 6.42 Å². The molecule has 21 heavy (non-hydrogen) atoms. The number of ether oxygens (including phenoxy) is 2. The van der Waals surface area contributed by atoms with Gasteiger partial charge in [-0.1, -0.05) is 0 Å². The first-order valence-electron chi connectivity index (χ1n) is 6.78. The molecule has 4 rings (SSSR count). The highest BCUT2D eigenvalue weighted by molar-refractivity contribution is 7.15. The topological polar surface area (TPSA) is 74.7 Å². The van der Waals surface area contributed by atoms with E-state index in [4.69, 9.17) is 15.2 Å². The van der Waals surface area contributed by atoms with Gasteiger partial charge in [0.15, 0.2) is 11.5 Å². The van der Waals surface area contributed by atoms with Crippen molar-refractivity contribution in [3.05, 3.63) is 29.4 Å². The Hall–Kier alpha value is -2.12. The maximum atomic E-state index is 5.65. The fourth-order valence-electron chi connectivity index (χ4n) is 2.47. The summed E-state index contributed by atoms with van der Waals surface area (Å²) in [5.41, 5.74) is 7.76. The van der Waals surface area contributed by atoms with Crippen LogP contribution in [0.25, 0.3) is 16.2 Å². The second-order valence-electron chi connectivity index (χ2n) is 4.75. The smallest absolute Gasteiger partial charge is 0.216 e. The van der Waals surface area contributed by atoms with E-state index in [0.29, 0.717) is 26.2 Å². The lowest BCUT2D eigenvalue weighted by Gasteiger charge is -2.18. The molecule has 3 aromatic rings. The minimum Gasteiger partial charge on any atom is -0.486 e. The predicted octanol–water partition coefficient (Wildman–Crippen LogP) is 1.73. The molecule has 108 valence electrons. The van der Waals surface area contributed by atoms with E-state index in [1.54, 1.807) is 11.3 Å². The number of nitrogens with zero attached hydrogens (tertiary/aromatic N) is 3. The van der Waals surface area contributed by atoms with Crippen LogP contribution in [-0.4, -0.2) is 34.4 Å². The summed E-state index contributed by atoms with van der Waals surface area (Å²) in [7, 11) is 0. The molecule has 3 heterocycles. The summed E-state index contributed by atoms with van der Waals surface area (Å²) in [6.45, 7) is 1.74. The third kappa shape index (κ3) is 2.05. The maximum absolute atomic E-state index is 5.65. The normalized spacial score (nSPS) is 13.8. The molecule has 7 heteroatoms. The van der Waals surface area contributed by atoms with Gasteiger partial charge in [-0.2, -0.15) is 0 Å². The molecule has 0 saturated heterocycles. The molecule has 1 aromatic carbocycles. The van der Waals surface area contributed by atoms with Crippen LogP contribution in [0, 0.1) is 0 Å². The fraction of sp³-hybridized carbons (Fsp3) is 0.286. The molecule has 1 aliphatic heterocycles. The average molecular weight is 302 g/mol. The molecular weight excluding hydrogens is 288 g/mol. The van der Waals surface area contributed by atoms with E-state index in [1.807, 2.05) is 18.2 Å². The molecule has 0 aliphatic carbocycles. The van der Waals surface area contributed by atoms with Gasteiger partial charge in [-0.3, -0.25) is 4.40 Å². The van der Waals surface area contributed by atoms with Crippen molar-refractivity contribution >= 4 is 16.3 Å². The number of benzene rings is 1. The van der Waals surface area contributed by atoms with Gasteiger partial charge in [-0.15, -0.1) is 21.5 Å². The van der Waals surface area contributed by atoms with Gasteiger partial charge >= 0.3 is 0 Å². The van der Waals surface area contributed by atoms with Crippen molar-refractivity contribution in [3.8, 4) is 22.8 Å². The van der Waals surface area contributed by atoms with Crippen molar-refractivity contribution in [3.63, 3.8) is 0 Å². The number of rotatable bonds is 3. The second kappa shape index (κ2) is 5.01. The number of hydrogen-bond donors (Lipinski definition) is 1. The Kier molecular flexibility index (Phi) is 3.01. The SMILES string of the molecule is NCCc1nnc2scc(-c3ccc4c(c3)OCCO4)n12. The zero-order chi connectivity index (χ0) is 14.2. The Morgan fingerprint density at radius 1 is 1.19 bits per heavy atom. The minimum atomic E-state index is 0.553. The fourth-order valence-corrected chi connectivity index (χ4v) is 3.33. The van der Waals surface area contributed by atoms with Crippen LogP contribution in [0.5, 0.6) is 11.5 Å². The maximum Gasteiger partial charge on any atom is 0.216 e. The lowest BCUT2D eigenvalue weighted by molar-refractivity contribution is 0.171. The van der Waals surface area contributed by atoms with Gasteiger partial charge in [-0.05, 0) is 24.7 Å². The van der Waals surface area contributed by atoms with Crippen LogP contribution in [0.4, 0.5) is 0 Å². The molecule has 0 radical (unpaired) electrons. The Labute approximate surface area is 125 Å². The van der Waals surface area contributed by atoms with E-state index in [-0.39, 0.29) is 0 Å². The first kappa shape index (κ1) is 12.6. The standard InChI is InChI=1S/C14H14N4O2S/c15-4-3-13-16-17-14-18(13)10(8-21-14)9-1-2-11-12(7-9)20-6-5-19-11/h1-2,7-8H,3-6,15H2. The Morgan fingerprint density at radius 3 is 2.90 bits per heavy atom. The highest BCUT2D eigenvalue weighted by Gasteiger charge is 2.16. The van der Waals surface area contributed by atoms with Crippen LogP contribution < -0.4 is 15.2 Å². The van der Waals surface area contributed by atoms with Crippen molar-refractivity contribution in [1.29, 1.82) is 0 Å². The quantitative estimate of drug-likeness (QED) is 0.797. The summed E-state index contributed by atoms with van der Waals surface area (Å²) in [6.07, 6.45) is 0.704. The van der Waals surface area contributed by atoms with Crippen LogP contribution in [0.3, 0.4) is 0 Å². The monoisotopic (exact) mass is 302 g/mol. The summed E-state index contributed by atoms with van der Waals surface area (Å²) >= 11 is 1.57. The first-order chi connectivity index (χ1) is 10.4. The molecule has 0 saturated carbocycles. The van der Waals surface area contributed by atoms with Gasteiger partial charge in [-0.25, -0.2) is 0 Å². The number of fused-ring (bicyclic) bond motifs is 2. The Morgan fingerprint density at radius 2 is 2.05 bits per heavy atom. The summed E-state index contributed by atoms with van der Waals surface area (Å²) in [4.78, 5) is 0.878.